The summed E-state index contributed by atoms with van der Waals surface area (Å²) >= 11 is 1.96. The molecule has 2 atom stereocenters. The number of aliphatic carboxylic acids is 1. The Bertz CT molecular complexity index is 217. The first-order valence-electron chi connectivity index (χ1n) is 5.91. The van der Waals surface area contributed by atoms with Gasteiger partial charge in [0.25, 0.3) is 0 Å². The van der Waals surface area contributed by atoms with Gasteiger partial charge < -0.3 is 10.8 Å². The van der Waals surface area contributed by atoms with E-state index in [1.165, 1.54) is 0 Å². The fraction of sp³-hybridized carbons (Fsp3) is 0.917. The minimum Gasteiger partial charge on any atom is -0.480 e. The van der Waals surface area contributed by atoms with Crippen molar-refractivity contribution in [1.29, 1.82) is 0 Å². The van der Waals surface area contributed by atoms with Crippen LogP contribution in [0.25, 0.3) is 0 Å². The van der Waals surface area contributed by atoms with Crippen LogP contribution >= 0.6 is 11.8 Å². The molecule has 0 aliphatic rings. The summed E-state index contributed by atoms with van der Waals surface area (Å²) in [5, 5.41) is 9.50. The molecule has 16 heavy (non-hydrogen) atoms. The van der Waals surface area contributed by atoms with Gasteiger partial charge in [0, 0.05) is 5.25 Å². The Balaban J connectivity index is 3.58. The molecule has 0 aromatic heterocycles. The van der Waals surface area contributed by atoms with Crippen molar-refractivity contribution in [3.63, 3.8) is 0 Å². The van der Waals surface area contributed by atoms with Gasteiger partial charge in [-0.3, -0.25) is 4.79 Å². The minimum absolute atomic E-state index is 0.555. The van der Waals surface area contributed by atoms with Gasteiger partial charge >= 0.3 is 5.97 Å². The number of rotatable bonds is 8. The van der Waals surface area contributed by atoms with Gasteiger partial charge in [-0.1, -0.05) is 27.2 Å². The van der Waals surface area contributed by atoms with E-state index in [1.54, 1.807) is 6.92 Å². The smallest absolute Gasteiger partial charge is 0.323 e. The average Bonchev–Trinajstić information content (AvgIpc) is 2.16. The Labute approximate surface area is 103 Å². The van der Waals surface area contributed by atoms with Crippen molar-refractivity contribution >= 4 is 17.7 Å². The summed E-state index contributed by atoms with van der Waals surface area (Å²) in [5.74, 6) is 0.884. The normalized spacial score (nSPS) is 17.1. The third-order valence-electron chi connectivity index (χ3n) is 2.90. The van der Waals surface area contributed by atoms with Crippen LogP contribution in [0.3, 0.4) is 0 Å². The lowest BCUT2D eigenvalue weighted by Gasteiger charge is -2.19. The maximum Gasteiger partial charge on any atom is 0.323 e. The second-order valence-corrected chi connectivity index (χ2v) is 6.48. The van der Waals surface area contributed by atoms with Gasteiger partial charge in [0.2, 0.25) is 0 Å². The summed E-state index contributed by atoms with van der Waals surface area (Å²) < 4.78 is 0. The zero-order chi connectivity index (χ0) is 12.8. The summed E-state index contributed by atoms with van der Waals surface area (Å²) in [6, 6.07) is 0. The Kier molecular flexibility index (Phi) is 7.07. The van der Waals surface area contributed by atoms with Gasteiger partial charge in [0.1, 0.15) is 5.54 Å². The molecular formula is C12H25NO2S. The zero-order valence-electron chi connectivity index (χ0n) is 10.8. The van der Waals surface area contributed by atoms with E-state index in [0.717, 1.165) is 18.6 Å². The van der Waals surface area contributed by atoms with E-state index in [0.29, 0.717) is 17.6 Å². The molecule has 0 rings (SSSR count). The van der Waals surface area contributed by atoms with E-state index in [1.807, 2.05) is 11.8 Å². The van der Waals surface area contributed by atoms with E-state index in [9.17, 15) is 4.79 Å². The van der Waals surface area contributed by atoms with Crippen LogP contribution in [0.15, 0.2) is 0 Å². The van der Waals surface area contributed by atoms with E-state index in [2.05, 4.69) is 20.8 Å². The van der Waals surface area contributed by atoms with Crippen LogP contribution in [-0.2, 0) is 4.79 Å². The number of nitrogens with two attached hydrogens (primary N) is 1. The third-order valence-corrected chi connectivity index (χ3v) is 4.49. The van der Waals surface area contributed by atoms with Crippen LogP contribution < -0.4 is 5.73 Å². The monoisotopic (exact) mass is 247 g/mol. The van der Waals surface area contributed by atoms with Crippen molar-refractivity contribution in [3.8, 4) is 0 Å². The topological polar surface area (TPSA) is 63.3 Å². The predicted octanol–water partition coefficient (Wildman–Crippen LogP) is 2.74. The highest BCUT2D eigenvalue weighted by Crippen LogP contribution is 2.21. The lowest BCUT2D eigenvalue weighted by Crippen LogP contribution is -2.44. The summed E-state index contributed by atoms with van der Waals surface area (Å²) in [5.41, 5.74) is 4.58. The first kappa shape index (κ1) is 15.8. The number of unbranched alkanes of at least 4 members (excludes halogenated alkanes) is 1. The number of carboxylic acid groups (broad SMARTS) is 1. The van der Waals surface area contributed by atoms with Crippen molar-refractivity contribution in [3.05, 3.63) is 0 Å². The molecule has 0 radical (unpaired) electrons. The predicted molar refractivity (Wildman–Crippen MR) is 70.8 cm³/mol. The molecule has 3 nitrogen and oxygen atoms in total. The van der Waals surface area contributed by atoms with Crippen LogP contribution in [0.1, 0.15) is 47.0 Å². The second-order valence-electron chi connectivity index (χ2n) is 5.00. The van der Waals surface area contributed by atoms with Gasteiger partial charge in [0.15, 0.2) is 0 Å². The minimum atomic E-state index is -1.06. The van der Waals surface area contributed by atoms with Gasteiger partial charge in [-0.05, 0) is 31.4 Å². The molecule has 96 valence electrons. The van der Waals surface area contributed by atoms with Crippen LogP contribution in [0.5, 0.6) is 0 Å². The molecular weight excluding hydrogens is 222 g/mol. The van der Waals surface area contributed by atoms with Gasteiger partial charge in [-0.2, -0.15) is 11.8 Å². The molecule has 0 saturated carbocycles. The molecule has 0 bridgehead atoms. The average molecular weight is 247 g/mol. The van der Waals surface area contributed by atoms with Crippen LogP contribution in [0, 0.1) is 5.92 Å². The van der Waals surface area contributed by atoms with Crippen LogP contribution in [0.2, 0.25) is 0 Å². The van der Waals surface area contributed by atoms with Gasteiger partial charge in [0.05, 0.1) is 0 Å². The highest BCUT2D eigenvalue weighted by atomic mass is 32.2. The second kappa shape index (κ2) is 7.17. The highest BCUT2D eigenvalue weighted by Gasteiger charge is 2.26. The highest BCUT2D eigenvalue weighted by molar-refractivity contribution is 7.99. The summed E-state index contributed by atoms with van der Waals surface area (Å²) in [6.07, 6.45) is 2.48. The Morgan fingerprint density at radius 3 is 2.38 bits per heavy atom. The maximum atomic E-state index is 10.8. The summed E-state index contributed by atoms with van der Waals surface area (Å²) in [4.78, 5) is 10.8. The molecule has 0 heterocycles. The molecule has 0 aromatic carbocycles. The summed E-state index contributed by atoms with van der Waals surface area (Å²) in [7, 11) is 0. The molecule has 0 aromatic rings. The number of thioether (sulfide) groups is 1. The maximum absolute atomic E-state index is 10.8. The third kappa shape index (κ3) is 6.38. The van der Waals surface area contributed by atoms with Crippen molar-refractivity contribution in [2.45, 2.75) is 57.7 Å². The molecule has 0 aliphatic carbocycles. The molecule has 2 unspecified atom stereocenters. The van der Waals surface area contributed by atoms with Gasteiger partial charge in [-0.25, -0.2) is 0 Å². The Hall–Kier alpha value is -0.220. The standard InChI is InChI=1S/C12H25NO2S/c1-9(2)10(3)16-8-6-5-7-12(4,13)11(14)15/h9-10H,5-8,13H2,1-4H3,(H,14,15). The van der Waals surface area contributed by atoms with E-state index in [4.69, 9.17) is 10.8 Å². The summed E-state index contributed by atoms with van der Waals surface area (Å²) in [6.45, 7) is 8.26. The fourth-order valence-corrected chi connectivity index (χ4v) is 2.29. The van der Waals surface area contributed by atoms with Crippen molar-refractivity contribution < 1.29 is 9.90 Å². The molecule has 0 fully saturated rings. The van der Waals surface area contributed by atoms with Crippen molar-refractivity contribution in [2.75, 3.05) is 5.75 Å². The molecule has 0 amide bonds. The lowest BCUT2D eigenvalue weighted by molar-refractivity contribution is -0.142. The van der Waals surface area contributed by atoms with Crippen molar-refractivity contribution in [2.24, 2.45) is 11.7 Å². The lowest BCUT2D eigenvalue weighted by atomic mass is 9.97. The van der Waals surface area contributed by atoms with E-state index < -0.39 is 11.5 Å². The number of hydrogen-bond acceptors (Lipinski definition) is 3. The zero-order valence-corrected chi connectivity index (χ0v) is 11.6. The first-order valence-corrected chi connectivity index (χ1v) is 6.96. The van der Waals surface area contributed by atoms with Crippen LogP contribution in [0.4, 0.5) is 0 Å². The molecule has 4 heteroatoms. The number of carboxylic acids is 1. The molecule has 0 aliphatic heterocycles. The van der Waals surface area contributed by atoms with E-state index >= 15 is 0 Å². The molecule has 3 N–H and O–H groups in total. The number of carbonyl (C=O) groups is 1. The Morgan fingerprint density at radius 2 is 1.94 bits per heavy atom. The fourth-order valence-electron chi connectivity index (χ4n) is 1.16. The SMILES string of the molecule is CC(C)C(C)SCCCCC(C)(N)C(=O)O. The Morgan fingerprint density at radius 1 is 1.38 bits per heavy atom. The molecule has 0 saturated heterocycles. The van der Waals surface area contributed by atoms with Gasteiger partial charge in [-0.15, -0.1) is 0 Å². The largest absolute Gasteiger partial charge is 0.480 e. The molecule has 0 spiro atoms. The number of hydrogen-bond donors (Lipinski definition) is 2. The van der Waals surface area contributed by atoms with Crippen LogP contribution in [-0.4, -0.2) is 27.6 Å². The van der Waals surface area contributed by atoms with Crippen molar-refractivity contribution in [1.82, 2.24) is 0 Å². The quantitative estimate of drug-likeness (QED) is 0.647. The first-order chi connectivity index (χ1) is 7.27. The van der Waals surface area contributed by atoms with E-state index in [-0.39, 0.29) is 0 Å².